The summed E-state index contributed by atoms with van der Waals surface area (Å²) >= 11 is 0. The second-order valence-corrected chi connectivity index (χ2v) is 6.04. The van der Waals surface area contributed by atoms with Crippen molar-refractivity contribution in [2.75, 3.05) is 6.54 Å². The second-order valence-electron chi connectivity index (χ2n) is 6.04. The van der Waals surface area contributed by atoms with Gasteiger partial charge in [0.15, 0.2) is 11.6 Å². The Bertz CT molecular complexity index is 396. The van der Waals surface area contributed by atoms with Crippen LogP contribution in [-0.4, -0.2) is 6.54 Å². The van der Waals surface area contributed by atoms with Crippen LogP contribution in [0.4, 0.5) is 8.78 Å². The third-order valence-electron chi connectivity index (χ3n) is 3.66. The highest BCUT2D eigenvalue weighted by atomic mass is 19.2. The average molecular weight is 255 g/mol. The van der Waals surface area contributed by atoms with E-state index in [1.165, 1.54) is 0 Å². The Kier molecular flexibility index (Phi) is 4.85. The molecule has 0 aliphatic rings. The van der Waals surface area contributed by atoms with E-state index in [-0.39, 0.29) is 11.5 Å². The maximum Gasteiger partial charge on any atom is 0.163 e. The van der Waals surface area contributed by atoms with Crippen LogP contribution in [0.2, 0.25) is 0 Å². The van der Waals surface area contributed by atoms with Gasteiger partial charge in [0, 0.05) is 11.6 Å². The molecule has 0 heterocycles. The zero-order valence-electron chi connectivity index (χ0n) is 11.8. The van der Waals surface area contributed by atoms with Crippen LogP contribution in [0.3, 0.4) is 0 Å². The Balaban J connectivity index is 2.66. The molecule has 0 fully saturated rings. The maximum atomic E-state index is 13.6. The highest BCUT2D eigenvalue weighted by Gasteiger charge is 2.21. The Labute approximate surface area is 109 Å². The van der Waals surface area contributed by atoms with Gasteiger partial charge in [-0.15, -0.1) is 0 Å². The quantitative estimate of drug-likeness (QED) is 0.846. The molecule has 102 valence electrons. The van der Waals surface area contributed by atoms with Crippen molar-refractivity contribution < 1.29 is 8.78 Å². The summed E-state index contributed by atoms with van der Waals surface area (Å²) < 4.78 is 26.7. The first-order chi connectivity index (χ1) is 8.23. The topological polar surface area (TPSA) is 12.0 Å². The van der Waals surface area contributed by atoms with Crippen molar-refractivity contribution in [3.05, 3.63) is 35.4 Å². The van der Waals surface area contributed by atoms with Gasteiger partial charge in [-0.25, -0.2) is 8.78 Å². The van der Waals surface area contributed by atoms with Crippen molar-refractivity contribution in [2.45, 2.75) is 40.7 Å². The lowest BCUT2D eigenvalue weighted by molar-refractivity contribution is 0.246. The van der Waals surface area contributed by atoms with Gasteiger partial charge in [-0.2, -0.15) is 0 Å². The lowest BCUT2D eigenvalue weighted by Crippen LogP contribution is -2.31. The minimum atomic E-state index is -0.787. The lowest BCUT2D eigenvalue weighted by Gasteiger charge is -2.29. The monoisotopic (exact) mass is 255 g/mol. The summed E-state index contributed by atoms with van der Waals surface area (Å²) in [5.41, 5.74) is 0.587. The first-order valence-corrected chi connectivity index (χ1v) is 6.40. The molecule has 0 aliphatic heterocycles. The molecule has 1 aromatic rings. The van der Waals surface area contributed by atoms with Crippen LogP contribution in [-0.2, 0) is 0 Å². The molecule has 2 atom stereocenters. The van der Waals surface area contributed by atoms with Gasteiger partial charge in [0.1, 0.15) is 0 Å². The van der Waals surface area contributed by atoms with E-state index in [2.05, 4.69) is 33.0 Å². The largest absolute Gasteiger partial charge is 0.310 e. The summed E-state index contributed by atoms with van der Waals surface area (Å²) in [4.78, 5) is 0. The van der Waals surface area contributed by atoms with Crippen LogP contribution in [0.25, 0.3) is 0 Å². The Hall–Kier alpha value is -0.960. The van der Waals surface area contributed by atoms with E-state index in [4.69, 9.17) is 0 Å². The fraction of sp³-hybridized carbons (Fsp3) is 0.600. The number of rotatable bonds is 4. The van der Waals surface area contributed by atoms with E-state index in [1.807, 2.05) is 6.92 Å². The van der Waals surface area contributed by atoms with Crippen molar-refractivity contribution in [2.24, 2.45) is 11.3 Å². The van der Waals surface area contributed by atoms with E-state index in [0.717, 1.165) is 12.6 Å². The summed E-state index contributed by atoms with van der Waals surface area (Å²) in [5, 5.41) is 3.27. The molecule has 1 rings (SSSR count). The summed E-state index contributed by atoms with van der Waals surface area (Å²) in [6.07, 6.45) is 0. The van der Waals surface area contributed by atoms with Crippen molar-refractivity contribution >= 4 is 0 Å². The lowest BCUT2D eigenvalue weighted by atomic mass is 9.82. The number of hydrogen-bond donors (Lipinski definition) is 1. The second kappa shape index (κ2) is 5.79. The molecule has 0 amide bonds. The summed E-state index contributed by atoms with van der Waals surface area (Å²) in [7, 11) is 0. The minimum absolute atomic E-state index is 0.189. The standard InChI is InChI=1S/C15H23F2N/c1-10(15(3,4)5)9-18-11(2)12-7-6-8-13(16)14(12)17/h6-8,10-11,18H,9H2,1-5H3. The number of benzene rings is 1. The number of nitrogens with one attached hydrogen (secondary N) is 1. The predicted octanol–water partition coefficient (Wildman–Crippen LogP) is 4.30. The molecule has 3 heteroatoms. The first-order valence-electron chi connectivity index (χ1n) is 6.40. The third kappa shape index (κ3) is 3.77. The molecule has 0 bridgehead atoms. The third-order valence-corrected chi connectivity index (χ3v) is 3.66. The van der Waals surface area contributed by atoms with Gasteiger partial charge in [-0.1, -0.05) is 39.8 Å². The van der Waals surface area contributed by atoms with E-state index in [9.17, 15) is 8.78 Å². The summed E-state index contributed by atoms with van der Waals surface area (Å²) in [6, 6.07) is 4.12. The molecule has 0 saturated heterocycles. The van der Waals surface area contributed by atoms with E-state index in [0.29, 0.717) is 11.5 Å². The van der Waals surface area contributed by atoms with Crippen LogP contribution in [0.15, 0.2) is 18.2 Å². The molecule has 0 aliphatic carbocycles. The molecule has 0 spiro atoms. The zero-order chi connectivity index (χ0) is 13.9. The molecule has 18 heavy (non-hydrogen) atoms. The molecule has 1 nitrogen and oxygen atoms in total. The fourth-order valence-electron chi connectivity index (χ4n) is 1.62. The van der Waals surface area contributed by atoms with Gasteiger partial charge in [-0.05, 0) is 30.9 Å². The van der Waals surface area contributed by atoms with Crippen LogP contribution >= 0.6 is 0 Å². The molecule has 1 N–H and O–H groups in total. The molecule has 0 aromatic heterocycles. The smallest absolute Gasteiger partial charge is 0.163 e. The number of halogens is 2. The van der Waals surface area contributed by atoms with Crippen molar-refractivity contribution in [1.29, 1.82) is 0 Å². The summed E-state index contributed by atoms with van der Waals surface area (Å²) in [6.45, 7) is 11.3. The van der Waals surface area contributed by atoms with Crippen molar-refractivity contribution in [1.82, 2.24) is 5.32 Å². The average Bonchev–Trinajstić information content (AvgIpc) is 2.27. The Morgan fingerprint density at radius 3 is 2.33 bits per heavy atom. The van der Waals surface area contributed by atoms with Gasteiger partial charge in [-0.3, -0.25) is 0 Å². The van der Waals surface area contributed by atoms with Crippen LogP contribution in [0.5, 0.6) is 0 Å². The van der Waals surface area contributed by atoms with E-state index in [1.54, 1.807) is 12.1 Å². The van der Waals surface area contributed by atoms with Crippen molar-refractivity contribution in [3.63, 3.8) is 0 Å². The SMILES string of the molecule is CC(NCC(C)C(C)(C)C)c1cccc(F)c1F. The number of hydrogen-bond acceptors (Lipinski definition) is 1. The highest BCUT2D eigenvalue weighted by molar-refractivity contribution is 5.21. The van der Waals surface area contributed by atoms with Crippen molar-refractivity contribution in [3.8, 4) is 0 Å². The predicted molar refractivity (Wildman–Crippen MR) is 71.4 cm³/mol. The zero-order valence-corrected chi connectivity index (χ0v) is 11.8. The van der Waals surface area contributed by atoms with Crippen LogP contribution < -0.4 is 5.32 Å². The Morgan fingerprint density at radius 2 is 1.78 bits per heavy atom. The van der Waals surface area contributed by atoms with Crippen LogP contribution in [0, 0.1) is 23.0 Å². The van der Waals surface area contributed by atoms with E-state index < -0.39 is 11.6 Å². The minimum Gasteiger partial charge on any atom is -0.310 e. The van der Waals surface area contributed by atoms with Gasteiger partial charge in [0.05, 0.1) is 0 Å². The van der Waals surface area contributed by atoms with Crippen LogP contribution in [0.1, 0.15) is 46.2 Å². The molecular weight excluding hydrogens is 232 g/mol. The van der Waals surface area contributed by atoms with Gasteiger partial charge >= 0.3 is 0 Å². The van der Waals surface area contributed by atoms with Gasteiger partial charge < -0.3 is 5.32 Å². The maximum absolute atomic E-state index is 13.6. The summed E-state index contributed by atoms with van der Waals surface area (Å²) in [5.74, 6) is -1.08. The first kappa shape index (κ1) is 15.1. The normalized spacial score (nSPS) is 15.5. The van der Waals surface area contributed by atoms with E-state index >= 15 is 0 Å². The molecule has 1 aromatic carbocycles. The van der Waals surface area contributed by atoms with Gasteiger partial charge in [0.2, 0.25) is 0 Å². The van der Waals surface area contributed by atoms with Gasteiger partial charge in [0.25, 0.3) is 0 Å². The molecular formula is C15H23F2N. The fourth-order valence-corrected chi connectivity index (χ4v) is 1.62. The Morgan fingerprint density at radius 1 is 1.17 bits per heavy atom. The molecule has 2 unspecified atom stereocenters. The molecule has 0 saturated carbocycles. The molecule has 0 radical (unpaired) electrons. The highest BCUT2D eigenvalue weighted by Crippen LogP contribution is 2.26.